The van der Waals surface area contributed by atoms with Crippen LogP contribution in [-0.4, -0.2) is 23.3 Å². The summed E-state index contributed by atoms with van der Waals surface area (Å²) in [5, 5.41) is 3.59. The summed E-state index contributed by atoms with van der Waals surface area (Å²) < 4.78 is 7.30. The van der Waals surface area contributed by atoms with Gasteiger partial charge in [-0.15, -0.1) is 0 Å². The Kier molecular flexibility index (Phi) is 3.74. The summed E-state index contributed by atoms with van der Waals surface area (Å²) in [5.74, 6) is 0.946. The zero-order valence-electron chi connectivity index (χ0n) is 12.1. The van der Waals surface area contributed by atoms with E-state index in [9.17, 15) is 0 Å². The molecule has 1 unspecified atom stereocenters. The van der Waals surface area contributed by atoms with Crippen molar-refractivity contribution in [2.24, 2.45) is 0 Å². The van der Waals surface area contributed by atoms with E-state index in [1.165, 1.54) is 11.1 Å². The highest BCUT2D eigenvalue weighted by Crippen LogP contribution is 2.33. The molecule has 1 aromatic carbocycles. The van der Waals surface area contributed by atoms with Gasteiger partial charge < -0.3 is 14.6 Å². The molecule has 0 saturated heterocycles. The normalized spacial score (nSPS) is 17.2. The summed E-state index contributed by atoms with van der Waals surface area (Å²) in [6, 6.07) is 9.04. The fourth-order valence-electron chi connectivity index (χ4n) is 2.88. The summed E-state index contributed by atoms with van der Waals surface area (Å²) in [6.45, 7) is 3.55. The summed E-state index contributed by atoms with van der Waals surface area (Å²) in [7, 11) is 1.73. The van der Waals surface area contributed by atoms with Crippen molar-refractivity contribution in [1.29, 1.82) is 0 Å². The smallest absolute Gasteiger partial charge is 0.203 e. The van der Waals surface area contributed by atoms with Gasteiger partial charge >= 0.3 is 0 Å². The number of imidazole rings is 1. The third-order valence-electron chi connectivity index (χ3n) is 3.87. The first-order valence-electron chi connectivity index (χ1n) is 7.15. The van der Waals surface area contributed by atoms with Gasteiger partial charge in [-0.05, 0) is 30.9 Å². The molecule has 0 fully saturated rings. The SMILES string of the molecule is COCCn1cc(C)nc1NC1CCc2ccccc21. The third-order valence-corrected chi connectivity index (χ3v) is 3.87. The Labute approximate surface area is 119 Å². The molecule has 20 heavy (non-hydrogen) atoms. The van der Waals surface area contributed by atoms with Crippen molar-refractivity contribution >= 4 is 5.95 Å². The highest BCUT2D eigenvalue weighted by molar-refractivity contribution is 5.41. The van der Waals surface area contributed by atoms with E-state index in [2.05, 4.69) is 45.3 Å². The summed E-state index contributed by atoms with van der Waals surface area (Å²) in [4.78, 5) is 4.60. The number of anilines is 1. The Hall–Kier alpha value is -1.81. The van der Waals surface area contributed by atoms with Gasteiger partial charge in [-0.1, -0.05) is 24.3 Å². The van der Waals surface area contributed by atoms with E-state index in [1.54, 1.807) is 7.11 Å². The van der Waals surface area contributed by atoms with Crippen LogP contribution < -0.4 is 5.32 Å². The Bertz CT molecular complexity index is 591. The number of methoxy groups -OCH3 is 1. The number of aromatic nitrogens is 2. The first-order chi connectivity index (χ1) is 9.78. The van der Waals surface area contributed by atoms with E-state index < -0.39 is 0 Å². The van der Waals surface area contributed by atoms with Crippen LogP contribution in [0, 0.1) is 6.92 Å². The van der Waals surface area contributed by atoms with Gasteiger partial charge in [0.15, 0.2) is 0 Å². The fraction of sp³-hybridized carbons (Fsp3) is 0.438. The maximum atomic E-state index is 5.16. The van der Waals surface area contributed by atoms with Crippen molar-refractivity contribution in [1.82, 2.24) is 9.55 Å². The minimum absolute atomic E-state index is 0.370. The van der Waals surface area contributed by atoms with Crippen molar-refractivity contribution < 1.29 is 4.74 Å². The van der Waals surface area contributed by atoms with Gasteiger partial charge in [-0.2, -0.15) is 0 Å². The van der Waals surface area contributed by atoms with Crippen LogP contribution in [0.4, 0.5) is 5.95 Å². The second kappa shape index (κ2) is 5.67. The molecule has 3 rings (SSSR count). The standard InChI is InChI=1S/C16H21N3O/c1-12-11-19(9-10-20-2)16(17-12)18-15-8-7-13-5-3-4-6-14(13)15/h3-6,11,15H,7-10H2,1-2H3,(H,17,18). The van der Waals surface area contributed by atoms with Crippen LogP contribution in [0.5, 0.6) is 0 Å². The molecule has 1 aliphatic rings. The number of hydrogen-bond donors (Lipinski definition) is 1. The van der Waals surface area contributed by atoms with Crippen LogP contribution in [0.15, 0.2) is 30.5 Å². The van der Waals surface area contributed by atoms with Crippen molar-refractivity contribution in [3.8, 4) is 0 Å². The van der Waals surface area contributed by atoms with E-state index in [0.29, 0.717) is 12.6 Å². The number of nitrogens with one attached hydrogen (secondary N) is 1. The molecule has 1 heterocycles. The lowest BCUT2D eigenvalue weighted by atomic mass is 10.1. The molecular formula is C16H21N3O. The van der Waals surface area contributed by atoms with Crippen LogP contribution in [0.2, 0.25) is 0 Å². The van der Waals surface area contributed by atoms with Crippen molar-refractivity contribution in [3.05, 3.63) is 47.3 Å². The van der Waals surface area contributed by atoms with Crippen molar-refractivity contribution in [3.63, 3.8) is 0 Å². The molecule has 1 aromatic heterocycles. The molecular weight excluding hydrogens is 250 g/mol. The maximum absolute atomic E-state index is 5.16. The quantitative estimate of drug-likeness (QED) is 0.908. The molecule has 0 saturated carbocycles. The maximum Gasteiger partial charge on any atom is 0.203 e. The van der Waals surface area contributed by atoms with E-state index in [-0.39, 0.29) is 0 Å². The minimum atomic E-state index is 0.370. The summed E-state index contributed by atoms with van der Waals surface area (Å²) >= 11 is 0. The molecule has 0 radical (unpaired) electrons. The number of ether oxygens (including phenoxy) is 1. The minimum Gasteiger partial charge on any atom is -0.383 e. The van der Waals surface area contributed by atoms with E-state index in [0.717, 1.165) is 31.0 Å². The highest BCUT2D eigenvalue weighted by Gasteiger charge is 2.23. The Morgan fingerprint density at radius 1 is 1.40 bits per heavy atom. The van der Waals surface area contributed by atoms with Crippen molar-refractivity contribution in [2.45, 2.75) is 32.4 Å². The van der Waals surface area contributed by atoms with E-state index in [1.807, 2.05) is 6.92 Å². The third kappa shape index (κ3) is 2.56. The summed E-state index contributed by atoms with van der Waals surface area (Å²) in [6.07, 6.45) is 4.35. The Morgan fingerprint density at radius 3 is 3.10 bits per heavy atom. The number of hydrogen-bond acceptors (Lipinski definition) is 3. The molecule has 0 aliphatic heterocycles. The largest absolute Gasteiger partial charge is 0.383 e. The van der Waals surface area contributed by atoms with Crippen LogP contribution >= 0.6 is 0 Å². The molecule has 1 atom stereocenters. The van der Waals surface area contributed by atoms with Gasteiger partial charge in [0.05, 0.1) is 18.3 Å². The van der Waals surface area contributed by atoms with E-state index in [4.69, 9.17) is 4.74 Å². The summed E-state index contributed by atoms with van der Waals surface area (Å²) in [5.41, 5.74) is 3.90. The monoisotopic (exact) mass is 271 g/mol. The average Bonchev–Trinajstić information content (AvgIpc) is 3.01. The zero-order chi connectivity index (χ0) is 13.9. The van der Waals surface area contributed by atoms with Gasteiger partial charge in [0, 0.05) is 19.9 Å². The molecule has 0 spiro atoms. The average molecular weight is 271 g/mol. The fourth-order valence-corrected chi connectivity index (χ4v) is 2.88. The van der Waals surface area contributed by atoms with Crippen LogP contribution in [0.1, 0.15) is 29.3 Å². The van der Waals surface area contributed by atoms with Gasteiger partial charge in [-0.3, -0.25) is 0 Å². The highest BCUT2D eigenvalue weighted by atomic mass is 16.5. The Morgan fingerprint density at radius 2 is 2.25 bits per heavy atom. The van der Waals surface area contributed by atoms with Crippen molar-refractivity contribution in [2.75, 3.05) is 19.0 Å². The number of aryl methyl sites for hydroxylation is 2. The predicted molar refractivity (Wildman–Crippen MR) is 80.0 cm³/mol. The van der Waals surface area contributed by atoms with Gasteiger partial charge in [0.25, 0.3) is 0 Å². The van der Waals surface area contributed by atoms with Crippen LogP contribution in [0.3, 0.4) is 0 Å². The molecule has 2 aromatic rings. The molecule has 106 valence electrons. The van der Waals surface area contributed by atoms with Gasteiger partial charge in [0.2, 0.25) is 5.95 Å². The molecule has 1 N–H and O–H groups in total. The van der Waals surface area contributed by atoms with E-state index >= 15 is 0 Å². The second-order valence-electron chi connectivity index (χ2n) is 5.33. The number of benzene rings is 1. The zero-order valence-corrected chi connectivity index (χ0v) is 12.1. The number of rotatable bonds is 5. The lowest BCUT2D eigenvalue weighted by Gasteiger charge is -2.16. The van der Waals surface area contributed by atoms with Crippen LogP contribution in [0.25, 0.3) is 0 Å². The molecule has 4 nitrogen and oxygen atoms in total. The van der Waals surface area contributed by atoms with Gasteiger partial charge in [-0.25, -0.2) is 4.98 Å². The van der Waals surface area contributed by atoms with Gasteiger partial charge in [0.1, 0.15) is 0 Å². The molecule has 1 aliphatic carbocycles. The lowest BCUT2D eigenvalue weighted by molar-refractivity contribution is 0.187. The first-order valence-corrected chi connectivity index (χ1v) is 7.15. The van der Waals surface area contributed by atoms with Crippen LogP contribution in [-0.2, 0) is 17.7 Å². The first kappa shape index (κ1) is 13.2. The predicted octanol–water partition coefficient (Wildman–Crippen LogP) is 2.94. The molecule has 0 amide bonds. The lowest BCUT2D eigenvalue weighted by Crippen LogP contribution is -2.13. The topological polar surface area (TPSA) is 39.1 Å². The molecule has 0 bridgehead atoms. The molecule has 4 heteroatoms. The second-order valence-corrected chi connectivity index (χ2v) is 5.33. The number of fused-ring (bicyclic) bond motifs is 1. The number of nitrogens with zero attached hydrogens (tertiary/aromatic N) is 2. The Balaban J connectivity index is 1.79.